The smallest absolute Gasteiger partial charge is 0.100 e. The fourth-order valence-corrected chi connectivity index (χ4v) is 2.11. The summed E-state index contributed by atoms with van der Waals surface area (Å²) in [5, 5.41) is 6.42. The fourth-order valence-electron chi connectivity index (χ4n) is 2.11. The van der Waals surface area contributed by atoms with E-state index < -0.39 is 0 Å². The molecule has 0 aromatic rings. The summed E-state index contributed by atoms with van der Waals surface area (Å²) in [5.41, 5.74) is 1.20. The van der Waals surface area contributed by atoms with Crippen LogP contribution in [0.25, 0.3) is 0 Å². The standard InChI is InChI=1S/C13H24N2O/c1-5-6-10-16-13-11(2)8-7-9-12(13)14-15(3)4/h5-6,11,13H,7-10H2,1-4H3/b6-5+,14-12+/t11-,13+/m0/s1. The van der Waals surface area contributed by atoms with E-state index >= 15 is 0 Å². The lowest BCUT2D eigenvalue weighted by atomic mass is 9.86. The molecule has 2 atom stereocenters. The minimum Gasteiger partial charge on any atom is -0.368 e. The van der Waals surface area contributed by atoms with Gasteiger partial charge in [-0.05, 0) is 32.1 Å². The number of ether oxygens (including phenoxy) is 1. The van der Waals surface area contributed by atoms with Gasteiger partial charge in [0.1, 0.15) is 6.10 Å². The molecule has 0 heterocycles. The Bertz CT molecular complexity index is 259. The Morgan fingerprint density at radius 2 is 2.25 bits per heavy atom. The molecule has 1 aliphatic rings. The average molecular weight is 224 g/mol. The predicted molar refractivity (Wildman–Crippen MR) is 68.7 cm³/mol. The SMILES string of the molecule is C/C=C/CO[C@H]1/C(=N/N(C)C)CCC[C@@H]1C. The quantitative estimate of drug-likeness (QED) is 0.542. The minimum absolute atomic E-state index is 0.201. The van der Waals surface area contributed by atoms with Gasteiger partial charge in [0.25, 0.3) is 0 Å². The van der Waals surface area contributed by atoms with Gasteiger partial charge in [-0.1, -0.05) is 19.1 Å². The van der Waals surface area contributed by atoms with Crippen LogP contribution in [0.1, 0.15) is 33.1 Å². The van der Waals surface area contributed by atoms with Crippen molar-refractivity contribution in [1.82, 2.24) is 5.01 Å². The third-order valence-corrected chi connectivity index (χ3v) is 2.87. The van der Waals surface area contributed by atoms with Crippen LogP contribution >= 0.6 is 0 Å². The molecule has 0 saturated heterocycles. The Morgan fingerprint density at radius 3 is 2.88 bits per heavy atom. The van der Waals surface area contributed by atoms with E-state index in [4.69, 9.17) is 4.74 Å². The van der Waals surface area contributed by atoms with Crippen LogP contribution in [-0.2, 0) is 4.74 Å². The first kappa shape index (κ1) is 13.2. The van der Waals surface area contributed by atoms with Crippen molar-refractivity contribution in [2.45, 2.75) is 39.2 Å². The van der Waals surface area contributed by atoms with Crippen LogP contribution in [0, 0.1) is 5.92 Å². The second-order valence-electron chi connectivity index (χ2n) is 4.63. The summed E-state index contributed by atoms with van der Waals surface area (Å²) in [6, 6.07) is 0. The molecule has 1 saturated carbocycles. The molecule has 0 N–H and O–H groups in total. The molecule has 1 rings (SSSR count). The fraction of sp³-hybridized carbons (Fsp3) is 0.769. The summed E-state index contributed by atoms with van der Waals surface area (Å²) in [4.78, 5) is 0. The Labute approximate surface area is 99.2 Å². The topological polar surface area (TPSA) is 24.8 Å². The zero-order chi connectivity index (χ0) is 12.0. The first-order valence-corrected chi connectivity index (χ1v) is 6.12. The second kappa shape index (κ2) is 6.69. The number of hydrogen-bond donors (Lipinski definition) is 0. The van der Waals surface area contributed by atoms with Gasteiger partial charge in [-0.25, -0.2) is 0 Å². The van der Waals surface area contributed by atoms with Crippen LogP contribution in [0.5, 0.6) is 0 Å². The molecule has 0 amide bonds. The third-order valence-electron chi connectivity index (χ3n) is 2.87. The number of hydrogen-bond acceptors (Lipinski definition) is 3. The van der Waals surface area contributed by atoms with Crippen molar-refractivity contribution in [1.29, 1.82) is 0 Å². The average Bonchev–Trinajstić information content (AvgIpc) is 2.21. The van der Waals surface area contributed by atoms with Gasteiger partial charge in [-0.15, -0.1) is 0 Å². The zero-order valence-electron chi connectivity index (χ0n) is 10.9. The Balaban J connectivity index is 2.64. The summed E-state index contributed by atoms with van der Waals surface area (Å²) in [7, 11) is 3.94. The number of nitrogens with zero attached hydrogens (tertiary/aromatic N) is 2. The van der Waals surface area contributed by atoms with Gasteiger partial charge in [0.15, 0.2) is 0 Å². The van der Waals surface area contributed by atoms with Crippen LogP contribution in [0.3, 0.4) is 0 Å². The Morgan fingerprint density at radius 1 is 1.50 bits per heavy atom. The highest BCUT2D eigenvalue weighted by atomic mass is 16.5. The van der Waals surface area contributed by atoms with Crippen molar-refractivity contribution < 1.29 is 4.74 Å². The van der Waals surface area contributed by atoms with Crippen molar-refractivity contribution in [2.75, 3.05) is 20.7 Å². The Hall–Kier alpha value is -0.830. The lowest BCUT2D eigenvalue weighted by Crippen LogP contribution is -2.36. The highest BCUT2D eigenvalue weighted by Crippen LogP contribution is 2.25. The third kappa shape index (κ3) is 3.97. The normalized spacial score (nSPS) is 28.9. The molecule has 0 bridgehead atoms. The molecule has 0 spiro atoms. The van der Waals surface area contributed by atoms with Crippen molar-refractivity contribution in [2.24, 2.45) is 11.0 Å². The number of hydrazone groups is 1. The molecule has 0 aromatic carbocycles. The summed E-state index contributed by atoms with van der Waals surface area (Å²) in [6.45, 7) is 4.96. The van der Waals surface area contributed by atoms with Crippen LogP contribution in [0.2, 0.25) is 0 Å². The molecule has 0 radical (unpaired) electrons. The van der Waals surface area contributed by atoms with Crippen molar-refractivity contribution >= 4 is 5.71 Å². The Kier molecular flexibility index (Phi) is 5.53. The minimum atomic E-state index is 0.201. The molecular formula is C13H24N2O. The lowest BCUT2D eigenvalue weighted by molar-refractivity contribution is 0.0705. The van der Waals surface area contributed by atoms with Gasteiger partial charge in [-0.3, -0.25) is 0 Å². The number of rotatable bonds is 4. The van der Waals surface area contributed by atoms with Crippen LogP contribution in [0.15, 0.2) is 17.3 Å². The first-order valence-electron chi connectivity index (χ1n) is 6.12. The van der Waals surface area contributed by atoms with Gasteiger partial charge in [0, 0.05) is 14.1 Å². The van der Waals surface area contributed by atoms with Gasteiger partial charge < -0.3 is 9.75 Å². The van der Waals surface area contributed by atoms with E-state index in [0.29, 0.717) is 12.5 Å². The summed E-state index contributed by atoms with van der Waals surface area (Å²) in [5.74, 6) is 0.581. The maximum Gasteiger partial charge on any atom is 0.100 e. The van der Waals surface area contributed by atoms with Crippen LogP contribution < -0.4 is 0 Å². The van der Waals surface area contributed by atoms with E-state index in [0.717, 1.165) is 6.42 Å². The summed E-state index contributed by atoms with van der Waals surface area (Å²) < 4.78 is 5.90. The molecule has 1 aliphatic carbocycles. The molecule has 92 valence electrons. The molecule has 0 aromatic heterocycles. The first-order chi connectivity index (χ1) is 7.65. The van der Waals surface area contributed by atoms with Gasteiger partial charge in [-0.2, -0.15) is 5.10 Å². The number of allylic oxidation sites excluding steroid dienone is 1. The van der Waals surface area contributed by atoms with Crippen molar-refractivity contribution in [3.05, 3.63) is 12.2 Å². The van der Waals surface area contributed by atoms with E-state index in [9.17, 15) is 0 Å². The largest absolute Gasteiger partial charge is 0.368 e. The van der Waals surface area contributed by atoms with Gasteiger partial charge in [0.2, 0.25) is 0 Å². The summed E-state index contributed by atoms with van der Waals surface area (Å²) >= 11 is 0. The predicted octanol–water partition coefficient (Wildman–Crippen LogP) is 2.69. The van der Waals surface area contributed by atoms with Crippen LogP contribution in [-0.4, -0.2) is 37.5 Å². The molecule has 3 nitrogen and oxygen atoms in total. The van der Waals surface area contributed by atoms with Crippen molar-refractivity contribution in [3.8, 4) is 0 Å². The van der Waals surface area contributed by atoms with Gasteiger partial charge in [0.05, 0.1) is 12.3 Å². The highest BCUT2D eigenvalue weighted by molar-refractivity contribution is 5.89. The monoisotopic (exact) mass is 224 g/mol. The molecule has 0 unspecified atom stereocenters. The highest BCUT2D eigenvalue weighted by Gasteiger charge is 2.27. The van der Waals surface area contributed by atoms with E-state index in [1.54, 1.807) is 0 Å². The summed E-state index contributed by atoms with van der Waals surface area (Å²) in [6.07, 6.45) is 7.82. The van der Waals surface area contributed by atoms with E-state index in [-0.39, 0.29) is 6.10 Å². The molecule has 3 heteroatoms. The van der Waals surface area contributed by atoms with Crippen LogP contribution in [0.4, 0.5) is 0 Å². The maximum absolute atomic E-state index is 5.90. The van der Waals surface area contributed by atoms with E-state index in [2.05, 4.69) is 18.1 Å². The van der Waals surface area contributed by atoms with E-state index in [1.807, 2.05) is 32.1 Å². The lowest BCUT2D eigenvalue weighted by Gasteiger charge is -2.30. The second-order valence-corrected chi connectivity index (χ2v) is 4.63. The van der Waals surface area contributed by atoms with Gasteiger partial charge >= 0.3 is 0 Å². The van der Waals surface area contributed by atoms with E-state index in [1.165, 1.54) is 18.6 Å². The molecular weight excluding hydrogens is 200 g/mol. The molecule has 1 fully saturated rings. The maximum atomic E-state index is 5.90. The zero-order valence-corrected chi connectivity index (χ0v) is 10.9. The van der Waals surface area contributed by atoms with Crippen molar-refractivity contribution in [3.63, 3.8) is 0 Å². The molecule has 16 heavy (non-hydrogen) atoms. The molecule has 0 aliphatic heterocycles.